The molecule has 1 aliphatic rings. The molecule has 0 radical (unpaired) electrons. The maximum absolute atomic E-state index is 12.3. The zero-order valence-corrected chi connectivity index (χ0v) is 12.7. The number of carbonyl (C=O) groups is 1. The van der Waals surface area contributed by atoms with E-state index in [-0.39, 0.29) is 11.9 Å². The maximum atomic E-state index is 12.3. The molecule has 1 atom stereocenters. The van der Waals surface area contributed by atoms with Gasteiger partial charge in [-0.1, -0.05) is 18.6 Å². The highest BCUT2D eigenvalue weighted by Crippen LogP contribution is 2.19. The van der Waals surface area contributed by atoms with Gasteiger partial charge in [0.1, 0.15) is 0 Å². The third kappa shape index (κ3) is 4.05. The Bertz CT molecular complexity index is 465. The quantitative estimate of drug-likeness (QED) is 0.885. The van der Waals surface area contributed by atoms with Crippen LogP contribution in [-0.2, 0) is 11.3 Å². The van der Waals surface area contributed by atoms with Crippen molar-refractivity contribution in [3.05, 3.63) is 29.3 Å². The van der Waals surface area contributed by atoms with Crippen LogP contribution in [0.15, 0.2) is 18.2 Å². The number of anilines is 1. The van der Waals surface area contributed by atoms with Gasteiger partial charge in [0.2, 0.25) is 5.91 Å². The summed E-state index contributed by atoms with van der Waals surface area (Å²) in [4.78, 5) is 14.4. The summed E-state index contributed by atoms with van der Waals surface area (Å²) < 4.78 is 0. The molecule has 0 saturated carbocycles. The molecule has 0 aliphatic carbocycles. The van der Waals surface area contributed by atoms with E-state index in [4.69, 9.17) is 0 Å². The lowest BCUT2D eigenvalue weighted by Crippen LogP contribution is -2.43. The average molecular weight is 275 g/mol. The fourth-order valence-electron chi connectivity index (χ4n) is 2.56. The van der Waals surface area contributed by atoms with Crippen LogP contribution < -0.4 is 10.6 Å². The number of carbonyl (C=O) groups excluding carboxylic acids is 1. The lowest BCUT2D eigenvalue weighted by atomic mass is 10.0. The number of hydrogen-bond donors (Lipinski definition) is 2. The summed E-state index contributed by atoms with van der Waals surface area (Å²) in [7, 11) is 4.09. The highest BCUT2D eigenvalue weighted by Gasteiger charge is 2.20. The van der Waals surface area contributed by atoms with Crippen molar-refractivity contribution in [3.63, 3.8) is 0 Å². The van der Waals surface area contributed by atoms with E-state index in [0.717, 1.165) is 37.2 Å². The Hall–Kier alpha value is -1.39. The van der Waals surface area contributed by atoms with Crippen molar-refractivity contribution in [2.24, 2.45) is 0 Å². The highest BCUT2D eigenvalue weighted by molar-refractivity contribution is 5.95. The molecule has 2 rings (SSSR count). The minimum absolute atomic E-state index is 0.0411. The standard InChI is InChI=1S/C16H25N3O/c1-12-7-8-13(11-19(2)3)10-15(12)18-16(20)14-6-4-5-9-17-14/h7-8,10,14,17H,4-6,9,11H2,1-3H3,(H,18,20)/t14-/m1/s1. The van der Waals surface area contributed by atoms with Crippen LogP contribution in [0.2, 0.25) is 0 Å². The van der Waals surface area contributed by atoms with Gasteiger partial charge in [0, 0.05) is 12.2 Å². The van der Waals surface area contributed by atoms with Crippen LogP contribution in [0.3, 0.4) is 0 Å². The molecule has 0 unspecified atom stereocenters. The van der Waals surface area contributed by atoms with Gasteiger partial charge in [-0.05, 0) is 57.6 Å². The highest BCUT2D eigenvalue weighted by atomic mass is 16.2. The molecule has 1 amide bonds. The Morgan fingerprint density at radius 2 is 2.20 bits per heavy atom. The predicted octanol–water partition coefficient (Wildman–Crippen LogP) is 2.14. The third-order valence-corrected chi connectivity index (χ3v) is 3.69. The molecule has 0 aromatic heterocycles. The van der Waals surface area contributed by atoms with Crippen LogP contribution >= 0.6 is 0 Å². The van der Waals surface area contributed by atoms with E-state index in [9.17, 15) is 4.79 Å². The van der Waals surface area contributed by atoms with Crippen LogP contribution in [0.4, 0.5) is 5.69 Å². The minimum atomic E-state index is -0.0411. The van der Waals surface area contributed by atoms with E-state index in [1.807, 2.05) is 21.0 Å². The van der Waals surface area contributed by atoms with Crippen molar-refractivity contribution in [3.8, 4) is 0 Å². The Morgan fingerprint density at radius 1 is 1.40 bits per heavy atom. The fourth-order valence-corrected chi connectivity index (χ4v) is 2.56. The van der Waals surface area contributed by atoms with Crippen molar-refractivity contribution >= 4 is 11.6 Å². The minimum Gasteiger partial charge on any atom is -0.324 e. The van der Waals surface area contributed by atoms with Gasteiger partial charge in [0.05, 0.1) is 6.04 Å². The first kappa shape index (κ1) is 15.0. The van der Waals surface area contributed by atoms with Crippen LogP contribution in [-0.4, -0.2) is 37.5 Å². The van der Waals surface area contributed by atoms with E-state index in [0.29, 0.717) is 0 Å². The van der Waals surface area contributed by atoms with E-state index in [2.05, 4.69) is 33.7 Å². The smallest absolute Gasteiger partial charge is 0.241 e. The molecule has 1 fully saturated rings. The molecule has 4 nitrogen and oxygen atoms in total. The van der Waals surface area contributed by atoms with Crippen molar-refractivity contribution in [2.75, 3.05) is 26.0 Å². The normalized spacial score (nSPS) is 19.1. The number of piperidine rings is 1. The zero-order chi connectivity index (χ0) is 14.5. The number of amides is 1. The molecule has 20 heavy (non-hydrogen) atoms. The fraction of sp³-hybridized carbons (Fsp3) is 0.562. The SMILES string of the molecule is Cc1ccc(CN(C)C)cc1NC(=O)[C@H]1CCCCN1. The molecule has 1 aromatic carbocycles. The predicted molar refractivity (Wildman–Crippen MR) is 82.8 cm³/mol. The number of nitrogens with zero attached hydrogens (tertiary/aromatic N) is 1. The molecule has 4 heteroatoms. The van der Waals surface area contributed by atoms with E-state index >= 15 is 0 Å². The monoisotopic (exact) mass is 275 g/mol. The summed E-state index contributed by atoms with van der Waals surface area (Å²) >= 11 is 0. The summed E-state index contributed by atoms with van der Waals surface area (Å²) in [5, 5.41) is 6.36. The number of aryl methyl sites for hydroxylation is 1. The van der Waals surface area contributed by atoms with Gasteiger partial charge < -0.3 is 15.5 Å². The van der Waals surface area contributed by atoms with Crippen molar-refractivity contribution in [1.82, 2.24) is 10.2 Å². The van der Waals surface area contributed by atoms with Gasteiger partial charge in [0.15, 0.2) is 0 Å². The zero-order valence-electron chi connectivity index (χ0n) is 12.7. The molecule has 1 aromatic rings. The first-order valence-electron chi connectivity index (χ1n) is 7.35. The van der Waals surface area contributed by atoms with Crippen LogP contribution in [0.25, 0.3) is 0 Å². The second kappa shape index (κ2) is 6.86. The van der Waals surface area contributed by atoms with Gasteiger partial charge in [-0.25, -0.2) is 0 Å². The lowest BCUT2D eigenvalue weighted by molar-refractivity contribution is -0.118. The molecule has 2 N–H and O–H groups in total. The summed E-state index contributed by atoms with van der Waals surface area (Å²) in [6.07, 6.45) is 3.23. The molecular formula is C16H25N3O. The van der Waals surface area contributed by atoms with Gasteiger partial charge in [-0.2, -0.15) is 0 Å². The molecule has 110 valence electrons. The van der Waals surface area contributed by atoms with Crippen molar-refractivity contribution in [2.45, 2.75) is 38.8 Å². The molecule has 0 bridgehead atoms. The summed E-state index contributed by atoms with van der Waals surface area (Å²) in [6, 6.07) is 6.23. The first-order chi connectivity index (χ1) is 9.56. The first-order valence-corrected chi connectivity index (χ1v) is 7.35. The van der Waals surface area contributed by atoms with Crippen molar-refractivity contribution < 1.29 is 4.79 Å². The third-order valence-electron chi connectivity index (χ3n) is 3.69. The number of hydrogen-bond acceptors (Lipinski definition) is 3. The summed E-state index contributed by atoms with van der Waals surface area (Å²) in [5.74, 6) is 0.0924. The second-order valence-electron chi connectivity index (χ2n) is 5.88. The topological polar surface area (TPSA) is 44.4 Å². The van der Waals surface area contributed by atoms with Crippen molar-refractivity contribution in [1.29, 1.82) is 0 Å². The Labute approximate surface area is 121 Å². The second-order valence-corrected chi connectivity index (χ2v) is 5.88. The van der Waals surface area contributed by atoms with Crippen LogP contribution in [0.1, 0.15) is 30.4 Å². The Kier molecular flexibility index (Phi) is 5.15. The van der Waals surface area contributed by atoms with Gasteiger partial charge in [-0.3, -0.25) is 4.79 Å². The summed E-state index contributed by atoms with van der Waals surface area (Å²) in [6.45, 7) is 3.85. The van der Waals surface area contributed by atoms with E-state index in [1.165, 1.54) is 12.0 Å². The van der Waals surface area contributed by atoms with Gasteiger partial charge >= 0.3 is 0 Å². The number of nitrogens with one attached hydrogen (secondary N) is 2. The molecule has 0 spiro atoms. The lowest BCUT2D eigenvalue weighted by Gasteiger charge is -2.23. The van der Waals surface area contributed by atoms with Gasteiger partial charge in [0.25, 0.3) is 0 Å². The Morgan fingerprint density at radius 3 is 2.85 bits per heavy atom. The van der Waals surface area contributed by atoms with Gasteiger partial charge in [-0.15, -0.1) is 0 Å². The average Bonchev–Trinajstić information content (AvgIpc) is 2.43. The summed E-state index contributed by atoms with van der Waals surface area (Å²) in [5.41, 5.74) is 3.26. The number of rotatable bonds is 4. The molecular weight excluding hydrogens is 250 g/mol. The van der Waals surface area contributed by atoms with Crippen LogP contribution in [0.5, 0.6) is 0 Å². The Balaban J connectivity index is 2.05. The number of benzene rings is 1. The largest absolute Gasteiger partial charge is 0.324 e. The van der Waals surface area contributed by atoms with E-state index < -0.39 is 0 Å². The van der Waals surface area contributed by atoms with Crippen LogP contribution in [0, 0.1) is 6.92 Å². The molecule has 1 heterocycles. The molecule has 1 saturated heterocycles. The maximum Gasteiger partial charge on any atom is 0.241 e. The molecule has 1 aliphatic heterocycles. The van der Waals surface area contributed by atoms with E-state index in [1.54, 1.807) is 0 Å².